The SMILES string of the molecule is CCCn1c(-c2ccncc2)nn(C[NH+](C)Cc2c(F)cccc2Cl)c1=S. The number of hydrogen-bond acceptors (Lipinski definition) is 3. The van der Waals surface area contributed by atoms with E-state index in [1.165, 1.54) is 6.07 Å². The monoisotopic (exact) mass is 406 g/mol. The van der Waals surface area contributed by atoms with Gasteiger partial charge in [-0.15, -0.1) is 5.10 Å². The highest BCUT2D eigenvalue weighted by Gasteiger charge is 2.17. The summed E-state index contributed by atoms with van der Waals surface area (Å²) in [5.41, 5.74) is 1.48. The first-order chi connectivity index (χ1) is 13.0. The maximum absolute atomic E-state index is 14.1. The molecule has 2 aromatic heterocycles. The molecule has 0 bridgehead atoms. The van der Waals surface area contributed by atoms with Crippen molar-refractivity contribution in [2.75, 3.05) is 7.05 Å². The largest absolute Gasteiger partial charge is 0.315 e. The van der Waals surface area contributed by atoms with Gasteiger partial charge in [0.2, 0.25) is 4.77 Å². The smallest absolute Gasteiger partial charge is 0.203 e. The Labute approximate surface area is 168 Å². The van der Waals surface area contributed by atoms with Gasteiger partial charge < -0.3 is 4.90 Å². The second-order valence-electron chi connectivity index (χ2n) is 6.49. The van der Waals surface area contributed by atoms with E-state index in [0.717, 1.165) is 29.3 Å². The average Bonchev–Trinajstić information content (AvgIpc) is 2.96. The Hall–Kier alpha value is -2.09. The molecule has 0 radical (unpaired) electrons. The summed E-state index contributed by atoms with van der Waals surface area (Å²) in [6.07, 6.45) is 4.43. The van der Waals surface area contributed by atoms with Crippen LogP contribution in [-0.4, -0.2) is 26.4 Å². The Balaban J connectivity index is 1.88. The van der Waals surface area contributed by atoms with E-state index in [1.807, 2.05) is 23.7 Å². The van der Waals surface area contributed by atoms with E-state index < -0.39 is 0 Å². The lowest BCUT2D eigenvalue weighted by Gasteiger charge is -2.15. The van der Waals surface area contributed by atoms with Crippen molar-refractivity contribution in [3.8, 4) is 11.4 Å². The van der Waals surface area contributed by atoms with Gasteiger partial charge in [-0.1, -0.05) is 24.6 Å². The Bertz CT molecular complexity index is 950. The van der Waals surface area contributed by atoms with Gasteiger partial charge in [-0.25, -0.2) is 4.39 Å². The van der Waals surface area contributed by atoms with E-state index >= 15 is 0 Å². The number of quaternary nitrogens is 1. The van der Waals surface area contributed by atoms with Crippen LogP contribution in [0, 0.1) is 10.6 Å². The highest BCUT2D eigenvalue weighted by atomic mass is 35.5. The molecule has 0 aliphatic heterocycles. The summed E-state index contributed by atoms with van der Waals surface area (Å²) in [4.78, 5) is 5.09. The molecule has 0 amide bonds. The van der Waals surface area contributed by atoms with Crippen LogP contribution < -0.4 is 4.90 Å². The molecule has 0 aliphatic rings. The van der Waals surface area contributed by atoms with Crippen molar-refractivity contribution < 1.29 is 9.29 Å². The molecular weight excluding hydrogens is 385 g/mol. The van der Waals surface area contributed by atoms with E-state index in [2.05, 4.69) is 11.9 Å². The summed E-state index contributed by atoms with van der Waals surface area (Å²) in [6.45, 7) is 3.85. The maximum atomic E-state index is 14.1. The fourth-order valence-corrected chi connectivity index (χ4v) is 3.51. The second kappa shape index (κ2) is 8.73. The van der Waals surface area contributed by atoms with Gasteiger partial charge in [-0.3, -0.25) is 9.55 Å². The third-order valence-electron chi connectivity index (χ3n) is 4.27. The van der Waals surface area contributed by atoms with E-state index in [1.54, 1.807) is 29.2 Å². The molecule has 0 spiro atoms. The summed E-state index contributed by atoms with van der Waals surface area (Å²) in [6, 6.07) is 8.58. The summed E-state index contributed by atoms with van der Waals surface area (Å²) < 4.78 is 18.6. The quantitative estimate of drug-likeness (QED) is 0.612. The Morgan fingerprint density at radius 2 is 1.96 bits per heavy atom. The Kier molecular flexibility index (Phi) is 6.36. The Morgan fingerprint density at radius 3 is 2.63 bits per heavy atom. The molecule has 2 heterocycles. The highest BCUT2D eigenvalue weighted by Crippen LogP contribution is 2.19. The minimum Gasteiger partial charge on any atom is -0.315 e. The molecule has 1 aromatic carbocycles. The summed E-state index contributed by atoms with van der Waals surface area (Å²) >= 11 is 11.8. The van der Waals surface area contributed by atoms with Crippen molar-refractivity contribution >= 4 is 23.8 Å². The number of pyridine rings is 1. The molecule has 1 unspecified atom stereocenters. The topological polar surface area (TPSA) is 40.1 Å². The first kappa shape index (κ1) is 19.7. The first-order valence-corrected chi connectivity index (χ1v) is 9.62. The zero-order chi connectivity index (χ0) is 19.4. The number of benzene rings is 1. The van der Waals surface area contributed by atoms with Gasteiger partial charge in [0.05, 0.1) is 17.6 Å². The van der Waals surface area contributed by atoms with Crippen LogP contribution in [0.2, 0.25) is 5.02 Å². The lowest BCUT2D eigenvalue weighted by atomic mass is 10.2. The molecule has 1 N–H and O–H groups in total. The van der Waals surface area contributed by atoms with Crippen LogP contribution in [-0.2, 0) is 19.8 Å². The number of aromatic nitrogens is 4. The normalized spacial score (nSPS) is 12.3. The molecule has 3 aromatic rings. The Morgan fingerprint density at radius 1 is 1.22 bits per heavy atom. The predicted molar refractivity (Wildman–Crippen MR) is 107 cm³/mol. The molecule has 8 heteroatoms. The van der Waals surface area contributed by atoms with E-state index in [4.69, 9.17) is 28.9 Å². The minimum absolute atomic E-state index is 0.292. The molecule has 0 saturated heterocycles. The van der Waals surface area contributed by atoms with Gasteiger partial charge in [-0.05, 0) is 42.9 Å². The molecule has 142 valence electrons. The van der Waals surface area contributed by atoms with Crippen molar-refractivity contribution in [1.82, 2.24) is 19.3 Å². The van der Waals surface area contributed by atoms with Crippen molar-refractivity contribution in [3.05, 3.63) is 63.9 Å². The molecule has 0 aliphatic carbocycles. The summed E-state index contributed by atoms with van der Waals surface area (Å²) in [5, 5.41) is 5.16. The average molecular weight is 407 g/mol. The van der Waals surface area contributed by atoms with Crippen LogP contribution in [0.3, 0.4) is 0 Å². The lowest BCUT2D eigenvalue weighted by molar-refractivity contribution is -0.917. The third-order valence-corrected chi connectivity index (χ3v) is 5.05. The molecule has 0 fully saturated rings. The van der Waals surface area contributed by atoms with Crippen LogP contribution in [0.1, 0.15) is 18.9 Å². The molecule has 1 atom stereocenters. The van der Waals surface area contributed by atoms with Crippen LogP contribution >= 0.6 is 23.8 Å². The van der Waals surface area contributed by atoms with Gasteiger partial charge in [0.1, 0.15) is 12.4 Å². The fourth-order valence-electron chi connectivity index (χ4n) is 3.00. The minimum atomic E-state index is -0.292. The van der Waals surface area contributed by atoms with E-state index in [-0.39, 0.29) is 5.82 Å². The lowest BCUT2D eigenvalue weighted by Crippen LogP contribution is -3.07. The second-order valence-corrected chi connectivity index (χ2v) is 7.26. The number of rotatable bonds is 7. The van der Waals surface area contributed by atoms with Gasteiger partial charge in [-0.2, -0.15) is 4.68 Å². The van der Waals surface area contributed by atoms with Crippen molar-refractivity contribution in [2.24, 2.45) is 0 Å². The first-order valence-electron chi connectivity index (χ1n) is 8.83. The van der Waals surface area contributed by atoms with E-state index in [9.17, 15) is 4.39 Å². The molecule has 27 heavy (non-hydrogen) atoms. The zero-order valence-electron chi connectivity index (χ0n) is 15.3. The van der Waals surface area contributed by atoms with Crippen molar-refractivity contribution in [1.29, 1.82) is 0 Å². The fraction of sp³-hybridized carbons (Fsp3) is 0.316. The number of halogens is 2. The number of nitrogens with zero attached hydrogens (tertiary/aromatic N) is 4. The number of nitrogens with one attached hydrogen (secondary N) is 1. The van der Waals surface area contributed by atoms with Gasteiger partial charge in [0, 0.05) is 24.5 Å². The molecule has 5 nitrogen and oxygen atoms in total. The van der Waals surface area contributed by atoms with Gasteiger partial charge in [0.25, 0.3) is 0 Å². The standard InChI is InChI=1S/C19H21ClFN5S/c1-3-11-25-18(14-7-9-22-10-8-14)23-26(19(25)27)13-24(2)12-15-16(20)5-4-6-17(15)21/h4-10H,3,11-13H2,1-2H3/p+1. The van der Waals surface area contributed by atoms with Crippen LogP contribution in [0.25, 0.3) is 11.4 Å². The van der Waals surface area contributed by atoms with Crippen LogP contribution in [0.4, 0.5) is 4.39 Å². The highest BCUT2D eigenvalue weighted by molar-refractivity contribution is 7.71. The van der Waals surface area contributed by atoms with Gasteiger partial charge >= 0.3 is 0 Å². The molecule has 3 rings (SSSR count). The van der Waals surface area contributed by atoms with E-state index in [0.29, 0.717) is 28.6 Å². The maximum Gasteiger partial charge on any atom is 0.203 e. The van der Waals surface area contributed by atoms with Crippen LogP contribution in [0.5, 0.6) is 0 Å². The predicted octanol–water partition coefficient (Wildman–Crippen LogP) is 3.35. The zero-order valence-corrected chi connectivity index (χ0v) is 16.9. The third kappa shape index (κ3) is 4.43. The number of hydrogen-bond donors (Lipinski definition) is 1. The summed E-state index contributed by atoms with van der Waals surface area (Å²) in [7, 11) is 1.97. The van der Waals surface area contributed by atoms with Crippen molar-refractivity contribution in [2.45, 2.75) is 33.1 Å². The van der Waals surface area contributed by atoms with Crippen LogP contribution in [0.15, 0.2) is 42.7 Å². The molecular formula is C19H22ClFN5S+. The van der Waals surface area contributed by atoms with Crippen molar-refractivity contribution in [3.63, 3.8) is 0 Å². The molecule has 0 saturated carbocycles. The van der Waals surface area contributed by atoms with Gasteiger partial charge in [0.15, 0.2) is 12.5 Å². The summed E-state index contributed by atoms with van der Waals surface area (Å²) in [5.74, 6) is 0.528.